The van der Waals surface area contributed by atoms with E-state index >= 15 is 0 Å². The highest BCUT2D eigenvalue weighted by Crippen LogP contribution is 2.38. The number of thioether (sulfide) groups is 1. The van der Waals surface area contributed by atoms with Crippen molar-refractivity contribution in [3.8, 4) is 11.5 Å². The first-order chi connectivity index (χ1) is 12.5. The largest absolute Gasteiger partial charge is 0.493 e. The van der Waals surface area contributed by atoms with Crippen molar-refractivity contribution in [2.45, 2.75) is 6.61 Å². The summed E-state index contributed by atoms with van der Waals surface area (Å²) in [6.45, 7) is 0.412. The van der Waals surface area contributed by atoms with E-state index in [9.17, 15) is 4.79 Å². The monoisotopic (exact) mass is 513 g/mol. The lowest BCUT2D eigenvalue weighted by Crippen LogP contribution is -2.17. The van der Waals surface area contributed by atoms with Gasteiger partial charge < -0.3 is 14.8 Å². The number of rotatable bonds is 5. The molecule has 1 aliphatic heterocycles. The average Bonchev–Trinajstić information content (AvgIpc) is 2.92. The highest BCUT2D eigenvalue weighted by molar-refractivity contribution is 9.10. The molecule has 1 saturated heterocycles. The Labute approximate surface area is 177 Å². The molecule has 1 N–H and O–H groups in total. The van der Waals surface area contributed by atoms with Gasteiger partial charge in [0, 0.05) is 4.47 Å². The zero-order valence-corrected chi connectivity index (χ0v) is 18.4. The maximum atomic E-state index is 11.8. The lowest BCUT2D eigenvalue weighted by Gasteiger charge is -2.14. The highest BCUT2D eigenvalue weighted by Gasteiger charge is 2.22. The Morgan fingerprint density at radius 3 is 2.58 bits per heavy atom. The number of amides is 1. The Bertz CT molecular complexity index is 898. The molecular weight excluding hydrogens is 502 g/mol. The minimum Gasteiger partial charge on any atom is -0.493 e. The third-order valence-electron chi connectivity index (χ3n) is 3.49. The van der Waals surface area contributed by atoms with Crippen LogP contribution in [0.1, 0.15) is 11.1 Å². The van der Waals surface area contributed by atoms with Crippen LogP contribution in [0.15, 0.2) is 50.2 Å². The maximum Gasteiger partial charge on any atom is 0.263 e. The van der Waals surface area contributed by atoms with Crippen molar-refractivity contribution in [1.29, 1.82) is 0 Å². The van der Waals surface area contributed by atoms with Gasteiger partial charge in [-0.1, -0.05) is 52.0 Å². The molecule has 0 atom stereocenters. The van der Waals surface area contributed by atoms with Crippen LogP contribution in [0.4, 0.5) is 0 Å². The molecule has 2 aromatic carbocycles. The van der Waals surface area contributed by atoms with E-state index in [4.69, 9.17) is 21.7 Å². The van der Waals surface area contributed by atoms with E-state index in [0.717, 1.165) is 20.1 Å². The summed E-state index contributed by atoms with van der Waals surface area (Å²) < 4.78 is 13.6. The van der Waals surface area contributed by atoms with E-state index in [1.54, 1.807) is 13.2 Å². The molecule has 0 bridgehead atoms. The predicted molar refractivity (Wildman–Crippen MR) is 115 cm³/mol. The number of halogens is 2. The number of methoxy groups -OCH3 is 1. The van der Waals surface area contributed by atoms with E-state index < -0.39 is 0 Å². The minimum atomic E-state index is -0.189. The summed E-state index contributed by atoms with van der Waals surface area (Å²) in [5.41, 5.74) is 1.85. The Morgan fingerprint density at radius 1 is 1.23 bits per heavy atom. The number of hydrogen-bond acceptors (Lipinski definition) is 5. The van der Waals surface area contributed by atoms with Gasteiger partial charge in [0.15, 0.2) is 11.5 Å². The van der Waals surface area contributed by atoms with Crippen molar-refractivity contribution in [1.82, 2.24) is 5.32 Å². The Balaban J connectivity index is 1.83. The van der Waals surface area contributed by atoms with Gasteiger partial charge in [0.1, 0.15) is 10.9 Å². The van der Waals surface area contributed by atoms with Crippen molar-refractivity contribution in [2.24, 2.45) is 0 Å². The zero-order valence-electron chi connectivity index (χ0n) is 13.5. The Kier molecular flexibility index (Phi) is 6.39. The van der Waals surface area contributed by atoms with Gasteiger partial charge in [0.2, 0.25) is 0 Å². The van der Waals surface area contributed by atoms with Crippen molar-refractivity contribution in [3.63, 3.8) is 0 Å². The molecule has 3 rings (SSSR count). The van der Waals surface area contributed by atoms with Crippen LogP contribution in [-0.2, 0) is 11.4 Å². The molecule has 8 heteroatoms. The number of ether oxygens (including phenoxy) is 2. The number of benzene rings is 2. The molecule has 4 nitrogen and oxygen atoms in total. The van der Waals surface area contributed by atoms with E-state index in [-0.39, 0.29) is 5.91 Å². The fraction of sp³-hybridized carbons (Fsp3) is 0.111. The first-order valence-corrected chi connectivity index (χ1v) is 10.3. The normalized spacial score (nSPS) is 15.3. The second-order valence-electron chi connectivity index (χ2n) is 5.30. The summed E-state index contributed by atoms with van der Waals surface area (Å²) >= 11 is 13.2. The van der Waals surface area contributed by atoms with Crippen molar-refractivity contribution < 1.29 is 14.3 Å². The van der Waals surface area contributed by atoms with Crippen molar-refractivity contribution >= 4 is 72.1 Å². The standard InChI is InChI=1S/C18H13Br2NO3S2/c1-23-14-7-11(8-15-17(22)21-18(25)26-15)6-13(20)16(14)24-9-10-2-4-12(19)5-3-10/h2-8H,9H2,1H3,(H,21,22,25)/b15-8+. The Hall–Kier alpha value is -1.35. The second-order valence-corrected chi connectivity index (χ2v) is 8.79. The fourth-order valence-electron chi connectivity index (χ4n) is 2.27. The van der Waals surface area contributed by atoms with Crippen LogP contribution in [0, 0.1) is 0 Å². The van der Waals surface area contributed by atoms with Crippen molar-refractivity contribution in [2.75, 3.05) is 7.11 Å². The summed E-state index contributed by atoms with van der Waals surface area (Å²) in [7, 11) is 1.58. The molecule has 0 aliphatic carbocycles. The molecule has 1 heterocycles. The molecular formula is C18H13Br2NO3S2. The van der Waals surface area contributed by atoms with Crippen LogP contribution in [-0.4, -0.2) is 17.3 Å². The first kappa shape index (κ1) is 19.4. The van der Waals surface area contributed by atoms with Crippen LogP contribution in [0.3, 0.4) is 0 Å². The number of hydrogen-bond donors (Lipinski definition) is 1. The van der Waals surface area contributed by atoms with Gasteiger partial charge in [0.25, 0.3) is 5.91 Å². The van der Waals surface area contributed by atoms with Gasteiger partial charge in [-0.2, -0.15) is 0 Å². The zero-order chi connectivity index (χ0) is 18.7. The van der Waals surface area contributed by atoms with E-state index in [2.05, 4.69) is 37.2 Å². The fourth-order valence-corrected chi connectivity index (χ4v) is 4.15. The number of nitrogens with one attached hydrogen (secondary N) is 1. The van der Waals surface area contributed by atoms with Crippen LogP contribution in [0.2, 0.25) is 0 Å². The molecule has 1 fully saturated rings. The molecule has 134 valence electrons. The summed E-state index contributed by atoms with van der Waals surface area (Å²) in [5, 5.41) is 2.60. The van der Waals surface area contributed by atoms with Gasteiger partial charge in [-0.15, -0.1) is 0 Å². The SMILES string of the molecule is COc1cc(/C=C2/SC(=S)NC2=O)cc(Br)c1OCc1ccc(Br)cc1. The molecule has 1 amide bonds. The van der Waals surface area contributed by atoms with Gasteiger partial charge in [-0.3, -0.25) is 4.79 Å². The average molecular weight is 515 g/mol. The molecule has 0 aromatic heterocycles. The van der Waals surface area contributed by atoms with Crippen molar-refractivity contribution in [3.05, 3.63) is 61.4 Å². The molecule has 26 heavy (non-hydrogen) atoms. The van der Waals surface area contributed by atoms with Crippen LogP contribution < -0.4 is 14.8 Å². The Morgan fingerprint density at radius 2 is 1.96 bits per heavy atom. The molecule has 1 aliphatic rings. The lowest BCUT2D eigenvalue weighted by molar-refractivity contribution is -0.115. The van der Waals surface area contributed by atoms with Gasteiger partial charge >= 0.3 is 0 Å². The van der Waals surface area contributed by atoms with E-state index in [1.165, 1.54) is 11.8 Å². The first-order valence-electron chi connectivity index (χ1n) is 7.46. The lowest BCUT2D eigenvalue weighted by atomic mass is 10.2. The number of thiocarbonyl (C=S) groups is 1. The summed E-state index contributed by atoms with van der Waals surface area (Å²) in [4.78, 5) is 12.4. The smallest absolute Gasteiger partial charge is 0.263 e. The number of carbonyl (C=O) groups excluding carboxylic acids is 1. The molecule has 2 aromatic rings. The van der Waals surface area contributed by atoms with Crippen LogP contribution >= 0.6 is 55.8 Å². The third-order valence-corrected chi connectivity index (χ3v) is 5.77. The predicted octanol–water partition coefficient (Wildman–Crippen LogP) is 5.29. The summed E-state index contributed by atoms with van der Waals surface area (Å²) in [6.07, 6.45) is 1.77. The topological polar surface area (TPSA) is 47.6 Å². The van der Waals surface area contributed by atoms with Crippen LogP contribution in [0.5, 0.6) is 11.5 Å². The number of carbonyl (C=O) groups is 1. The molecule has 0 unspecified atom stereocenters. The van der Waals surface area contributed by atoms with Crippen LogP contribution in [0.25, 0.3) is 6.08 Å². The quantitative estimate of drug-likeness (QED) is 0.434. The van der Waals surface area contributed by atoms with Gasteiger partial charge in [-0.25, -0.2) is 0 Å². The van der Waals surface area contributed by atoms with E-state index in [0.29, 0.717) is 27.3 Å². The minimum absolute atomic E-state index is 0.189. The van der Waals surface area contributed by atoms with Gasteiger partial charge in [0.05, 0.1) is 16.5 Å². The van der Waals surface area contributed by atoms with E-state index in [1.807, 2.05) is 36.4 Å². The maximum absolute atomic E-state index is 11.8. The summed E-state index contributed by atoms with van der Waals surface area (Å²) in [5.74, 6) is 0.997. The molecule has 0 spiro atoms. The summed E-state index contributed by atoms with van der Waals surface area (Å²) in [6, 6.07) is 11.6. The third kappa shape index (κ3) is 4.68. The highest BCUT2D eigenvalue weighted by atomic mass is 79.9. The van der Waals surface area contributed by atoms with Gasteiger partial charge in [-0.05, 0) is 57.4 Å². The molecule has 0 saturated carbocycles. The second kappa shape index (κ2) is 8.56. The molecule has 0 radical (unpaired) electrons.